The van der Waals surface area contributed by atoms with Crippen molar-refractivity contribution in [3.8, 4) is 0 Å². The topological polar surface area (TPSA) is 90.0 Å². The zero-order valence-corrected chi connectivity index (χ0v) is 27.3. The molecule has 2 aromatic carbocycles. The van der Waals surface area contributed by atoms with Gasteiger partial charge in [0, 0.05) is 55.3 Å². The number of carbonyl (C=O) groups is 2. The molecule has 0 radical (unpaired) electrons. The predicted molar refractivity (Wildman–Crippen MR) is 168 cm³/mol. The Kier molecular flexibility index (Phi) is 8.81. The molecule has 3 aliphatic rings. The van der Waals surface area contributed by atoms with Crippen molar-refractivity contribution in [2.75, 3.05) is 56.6 Å². The number of anilines is 1. The third-order valence-electron chi connectivity index (χ3n) is 8.87. The number of sulfone groups is 1. The van der Waals surface area contributed by atoms with Crippen molar-refractivity contribution in [1.29, 1.82) is 0 Å². The monoisotopic (exact) mass is 652 g/mol. The number of benzene rings is 2. The fourth-order valence-corrected chi connectivity index (χ4v) is 8.16. The number of halogens is 3. The number of hydrogen-bond acceptors (Lipinski definition) is 5. The summed E-state index contributed by atoms with van der Waals surface area (Å²) in [5, 5.41) is 3.41. The Hall–Kier alpha value is -2.40. The van der Waals surface area contributed by atoms with Crippen LogP contribution < -0.4 is 5.32 Å². The van der Waals surface area contributed by atoms with Gasteiger partial charge in [0.2, 0.25) is 5.91 Å². The number of fused-ring (bicyclic) bond motifs is 2. The third kappa shape index (κ3) is 6.26. The van der Waals surface area contributed by atoms with Gasteiger partial charge >= 0.3 is 6.03 Å². The number of carbonyl (C=O) groups excluding carboxylic acids is 2. The fraction of sp³-hybridized carbons (Fsp3) is 0.548. The van der Waals surface area contributed by atoms with Crippen molar-refractivity contribution in [2.24, 2.45) is 11.3 Å². The van der Waals surface area contributed by atoms with Crippen LogP contribution in [-0.2, 0) is 20.0 Å². The molecule has 1 N–H and O–H groups in total. The van der Waals surface area contributed by atoms with Crippen LogP contribution in [0.5, 0.6) is 0 Å². The molecule has 0 bridgehead atoms. The van der Waals surface area contributed by atoms with Crippen molar-refractivity contribution in [3.63, 3.8) is 0 Å². The van der Waals surface area contributed by atoms with Crippen LogP contribution in [0.25, 0.3) is 0 Å². The van der Waals surface area contributed by atoms with Crippen LogP contribution in [0.4, 0.5) is 14.9 Å². The summed E-state index contributed by atoms with van der Waals surface area (Å²) in [6.45, 7) is 9.25. The average molecular weight is 654 g/mol. The molecule has 0 aromatic heterocycles. The van der Waals surface area contributed by atoms with Gasteiger partial charge in [-0.05, 0) is 54.5 Å². The van der Waals surface area contributed by atoms with Gasteiger partial charge in [-0.25, -0.2) is 17.6 Å². The van der Waals surface area contributed by atoms with Crippen molar-refractivity contribution in [1.82, 2.24) is 14.7 Å². The lowest BCUT2D eigenvalue weighted by atomic mass is 9.63. The first-order valence-electron chi connectivity index (χ1n) is 14.6. The largest absolute Gasteiger partial charge is 0.325 e. The molecule has 5 rings (SSSR count). The highest BCUT2D eigenvalue weighted by atomic mass is 35.5. The maximum absolute atomic E-state index is 16.0. The normalized spacial score (nSPS) is 24.5. The van der Waals surface area contributed by atoms with Gasteiger partial charge in [0.05, 0.1) is 16.8 Å². The lowest BCUT2D eigenvalue weighted by Crippen LogP contribution is -2.54. The van der Waals surface area contributed by atoms with Crippen molar-refractivity contribution >= 4 is 50.7 Å². The van der Waals surface area contributed by atoms with Crippen LogP contribution >= 0.6 is 23.2 Å². The molecule has 234 valence electrons. The molecule has 3 aliphatic heterocycles. The van der Waals surface area contributed by atoms with E-state index in [9.17, 15) is 18.0 Å². The molecule has 8 nitrogen and oxygen atoms in total. The summed E-state index contributed by atoms with van der Waals surface area (Å²) in [5.74, 6) is -1.12. The molecule has 43 heavy (non-hydrogen) atoms. The second kappa shape index (κ2) is 11.8. The first-order chi connectivity index (χ1) is 20.1. The summed E-state index contributed by atoms with van der Waals surface area (Å²) in [7, 11) is -3.03. The van der Waals surface area contributed by atoms with E-state index in [0.29, 0.717) is 61.8 Å². The number of hydrogen-bond donors (Lipinski definition) is 1. The minimum atomic E-state index is -3.03. The van der Waals surface area contributed by atoms with E-state index in [1.165, 1.54) is 12.3 Å². The summed E-state index contributed by atoms with van der Waals surface area (Å²) in [6, 6.07) is 8.79. The summed E-state index contributed by atoms with van der Waals surface area (Å²) in [6.07, 6.45) is 2.37. The van der Waals surface area contributed by atoms with Gasteiger partial charge in [0.15, 0.2) is 0 Å². The van der Waals surface area contributed by atoms with E-state index in [1.807, 2.05) is 6.07 Å². The van der Waals surface area contributed by atoms with Gasteiger partial charge < -0.3 is 15.1 Å². The molecule has 3 atom stereocenters. The van der Waals surface area contributed by atoms with Gasteiger partial charge in [-0.2, -0.15) is 0 Å². The number of urea groups is 1. The Labute approximate surface area is 263 Å². The van der Waals surface area contributed by atoms with Gasteiger partial charge in [0.1, 0.15) is 21.1 Å². The van der Waals surface area contributed by atoms with Crippen LogP contribution in [0.15, 0.2) is 36.4 Å². The highest BCUT2D eigenvalue weighted by molar-refractivity contribution is 7.90. The smallest absolute Gasteiger partial charge is 0.320 e. The Balaban J connectivity index is 1.54. The van der Waals surface area contributed by atoms with E-state index in [-0.39, 0.29) is 46.2 Å². The first-order valence-corrected chi connectivity index (χ1v) is 17.4. The fourth-order valence-electron chi connectivity index (χ4n) is 7.15. The molecular weight excluding hydrogens is 614 g/mol. The number of piperazine rings is 1. The Morgan fingerprint density at radius 1 is 1.12 bits per heavy atom. The molecule has 0 unspecified atom stereocenters. The number of amides is 3. The lowest BCUT2D eigenvalue weighted by Gasteiger charge is -2.41. The Bertz CT molecular complexity index is 1520. The summed E-state index contributed by atoms with van der Waals surface area (Å²) >= 11 is 12.6. The lowest BCUT2D eigenvalue weighted by molar-refractivity contribution is -0.123. The molecule has 0 saturated carbocycles. The Morgan fingerprint density at radius 2 is 1.81 bits per heavy atom. The molecule has 3 amide bonds. The number of likely N-dealkylation sites (tertiary alicyclic amines) is 1. The van der Waals surface area contributed by atoms with E-state index in [0.717, 1.165) is 0 Å². The van der Waals surface area contributed by atoms with Crippen LogP contribution in [0, 0.1) is 17.2 Å². The molecular formula is C31H39Cl2FN4O4S. The molecule has 2 fully saturated rings. The molecule has 3 heterocycles. The van der Waals surface area contributed by atoms with Gasteiger partial charge in [-0.3, -0.25) is 9.69 Å². The minimum absolute atomic E-state index is 0.0724. The predicted octanol–water partition coefficient (Wildman–Crippen LogP) is 5.60. The van der Waals surface area contributed by atoms with Crippen LogP contribution in [0.2, 0.25) is 10.0 Å². The highest BCUT2D eigenvalue weighted by Gasteiger charge is 2.65. The van der Waals surface area contributed by atoms with E-state index >= 15 is 4.39 Å². The first kappa shape index (κ1) is 32.0. The zero-order valence-electron chi connectivity index (χ0n) is 25.0. The zero-order chi connectivity index (χ0) is 31.3. The van der Waals surface area contributed by atoms with Crippen molar-refractivity contribution < 1.29 is 22.4 Å². The Morgan fingerprint density at radius 3 is 2.47 bits per heavy atom. The maximum atomic E-state index is 16.0. The van der Waals surface area contributed by atoms with E-state index < -0.39 is 27.1 Å². The van der Waals surface area contributed by atoms with E-state index in [2.05, 4.69) is 31.0 Å². The molecule has 2 aromatic rings. The van der Waals surface area contributed by atoms with Gasteiger partial charge in [-0.15, -0.1) is 0 Å². The van der Waals surface area contributed by atoms with Crippen molar-refractivity contribution in [2.45, 2.75) is 45.1 Å². The quantitative estimate of drug-likeness (QED) is 0.439. The second-order valence-corrected chi connectivity index (χ2v) is 16.4. The molecule has 12 heteroatoms. The number of rotatable bonds is 6. The number of nitrogens with zero attached hydrogens (tertiary/aromatic N) is 3. The SMILES string of the molecule is CC(C)(C)C[C@@H]1CN(C(=O)N2CCN(CCCS(C)(=O)=O)CC2)[C@H](c2cccc(Cl)c2F)[C@]12C(=O)Nc1cc(Cl)ccc12. The van der Waals surface area contributed by atoms with Crippen molar-refractivity contribution in [3.05, 3.63) is 63.4 Å². The summed E-state index contributed by atoms with van der Waals surface area (Å²) in [5.41, 5.74) is 0.0188. The van der Waals surface area contributed by atoms with E-state index in [1.54, 1.807) is 34.1 Å². The minimum Gasteiger partial charge on any atom is -0.325 e. The van der Waals surface area contributed by atoms with Crippen LogP contribution in [0.1, 0.15) is 50.8 Å². The second-order valence-electron chi connectivity index (χ2n) is 13.3. The maximum Gasteiger partial charge on any atom is 0.320 e. The molecule has 1 spiro atoms. The average Bonchev–Trinajstić information content (AvgIpc) is 3.38. The molecule has 2 saturated heterocycles. The van der Waals surface area contributed by atoms with Crippen LogP contribution in [-0.4, -0.2) is 86.3 Å². The molecule has 0 aliphatic carbocycles. The van der Waals surface area contributed by atoms with Gasteiger partial charge in [-0.1, -0.05) is 62.2 Å². The van der Waals surface area contributed by atoms with E-state index in [4.69, 9.17) is 23.2 Å². The van der Waals surface area contributed by atoms with Crippen LogP contribution in [0.3, 0.4) is 0 Å². The highest BCUT2D eigenvalue weighted by Crippen LogP contribution is 2.60. The number of nitrogens with one attached hydrogen (secondary N) is 1. The summed E-state index contributed by atoms with van der Waals surface area (Å²) in [4.78, 5) is 34.3. The standard InChI is InChI=1S/C31H39Cl2FN4O4S/c1-30(2,3)18-20-19-38(29(40)37-14-12-36(13-15-37)11-6-16-43(4,41)42)27(22-7-5-8-24(33)26(22)34)31(20)23-10-9-21(32)17-25(23)35-28(31)39/h5,7-10,17,20,27H,6,11-16,18-19H2,1-4H3,(H,35,39)/t20-,27-,31+/m1/s1. The third-order valence-corrected chi connectivity index (χ3v) is 10.4. The van der Waals surface area contributed by atoms with Gasteiger partial charge in [0.25, 0.3) is 0 Å². The summed E-state index contributed by atoms with van der Waals surface area (Å²) < 4.78 is 39.1.